The third-order valence-corrected chi connectivity index (χ3v) is 1.46. The monoisotopic (exact) mass is 270 g/mol. The Labute approximate surface area is 84.6 Å². The van der Waals surface area contributed by atoms with Crippen LogP contribution in [-0.4, -0.2) is 41.9 Å². The summed E-state index contributed by atoms with van der Waals surface area (Å²) in [7, 11) is -5.75. The van der Waals surface area contributed by atoms with E-state index in [4.69, 9.17) is 9.66 Å². The van der Waals surface area contributed by atoms with Gasteiger partial charge in [0.25, 0.3) is 0 Å². The van der Waals surface area contributed by atoms with Crippen molar-refractivity contribution in [3.05, 3.63) is 0 Å². The number of carboxylic acid groups (broad SMARTS) is 1. The molecule has 0 radical (unpaired) electrons. The fourth-order valence-corrected chi connectivity index (χ4v) is 0.706. The van der Waals surface area contributed by atoms with E-state index in [2.05, 4.69) is 4.18 Å². The first-order chi connectivity index (χ1) is 6.82. The first-order valence-electron chi connectivity index (χ1n) is 3.02. The molecule has 0 aromatic carbocycles. The molecule has 0 amide bonds. The second-order valence-electron chi connectivity index (χ2n) is 2.25. The molecule has 94 valence electrons. The van der Waals surface area contributed by atoms with E-state index in [-0.39, 0.29) is 0 Å². The van der Waals surface area contributed by atoms with E-state index in [0.29, 0.717) is 0 Å². The van der Waals surface area contributed by atoms with Crippen LogP contribution in [0.2, 0.25) is 0 Å². The van der Waals surface area contributed by atoms with Crippen LogP contribution in [0.25, 0.3) is 0 Å². The molecule has 2 N–H and O–H groups in total. The Hall–Kier alpha value is -1.43. The van der Waals surface area contributed by atoms with Crippen molar-refractivity contribution >= 4 is 22.3 Å². The van der Waals surface area contributed by atoms with Gasteiger partial charge in [-0.15, -0.1) is 0 Å². The lowest BCUT2D eigenvalue weighted by Crippen LogP contribution is -2.53. The molecule has 0 saturated heterocycles. The molecule has 0 unspecified atom stereocenters. The molecular weight excluding hydrogens is 268 g/mol. The van der Waals surface area contributed by atoms with Crippen LogP contribution >= 0.6 is 0 Å². The Morgan fingerprint density at radius 1 is 1.06 bits per heavy atom. The van der Waals surface area contributed by atoms with Gasteiger partial charge < -0.3 is 9.29 Å². The zero-order chi connectivity index (χ0) is 13.4. The number of carboxylic acids is 1. The molecule has 16 heavy (non-hydrogen) atoms. The van der Waals surface area contributed by atoms with Gasteiger partial charge in [-0.2, -0.15) is 26.0 Å². The summed E-state index contributed by atoms with van der Waals surface area (Å²) in [6.07, 6.45) is 0. The highest BCUT2D eigenvalue weighted by atomic mass is 32.3. The molecule has 0 aliphatic heterocycles. The molecule has 12 heteroatoms. The predicted molar refractivity (Wildman–Crippen MR) is 35.2 cm³/mol. The summed E-state index contributed by atoms with van der Waals surface area (Å²) in [6, 6.07) is 0. The largest absolute Gasteiger partial charge is 0.477 e. The molecule has 0 aromatic rings. The van der Waals surface area contributed by atoms with Crippen LogP contribution in [0.5, 0.6) is 0 Å². The minimum Gasteiger partial charge on any atom is -0.477 e. The van der Waals surface area contributed by atoms with Gasteiger partial charge in [0, 0.05) is 0 Å². The van der Waals surface area contributed by atoms with E-state index in [1.54, 1.807) is 0 Å². The van der Waals surface area contributed by atoms with Crippen molar-refractivity contribution in [3.63, 3.8) is 0 Å². The average molecular weight is 270 g/mol. The van der Waals surface area contributed by atoms with E-state index < -0.39 is 34.2 Å². The highest BCUT2D eigenvalue weighted by Gasteiger charge is 2.69. The smallest absolute Gasteiger partial charge is 0.449 e. The Morgan fingerprint density at radius 2 is 1.44 bits per heavy atom. The Morgan fingerprint density at radius 3 is 1.69 bits per heavy atom. The van der Waals surface area contributed by atoms with E-state index in [1.165, 1.54) is 0 Å². The topological polar surface area (TPSA) is 118 Å². The molecule has 0 aromatic heterocycles. The number of alkyl halides is 4. The molecule has 0 aliphatic carbocycles. The normalized spacial score (nSPS) is 13.3. The minimum atomic E-state index is -5.95. The second kappa shape index (κ2) is 3.86. The van der Waals surface area contributed by atoms with E-state index in [1.807, 2.05) is 0 Å². The van der Waals surface area contributed by atoms with Gasteiger partial charge in [-0.3, -0.25) is 4.55 Å². The molecule has 0 rings (SSSR count). The zero-order valence-corrected chi connectivity index (χ0v) is 7.67. The highest BCUT2D eigenvalue weighted by Crippen LogP contribution is 2.35. The van der Waals surface area contributed by atoms with Gasteiger partial charge in [0.1, 0.15) is 0 Å². The van der Waals surface area contributed by atoms with Gasteiger partial charge in [0.05, 0.1) is 0 Å². The summed E-state index contributed by atoms with van der Waals surface area (Å²) >= 11 is 0. The van der Waals surface area contributed by atoms with Crippen molar-refractivity contribution in [2.24, 2.45) is 0 Å². The summed E-state index contributed by atoms with van der Waals surface area (Å²) < 4.78 is 79.1. The Kier molecular flexibility index (Phi) is 3.51. The van der Waals surface area contributed by atoms with Gasteiger partial charge in [-0.05, 0) is 0 Å². The van der Waals surface area contributed by atoms with Crippen LogP contribution in [0, 0.1) is 0 Å². The summed E-state index contributed by atoms with van der Waals surface area (Å²) in [4.78, 5) is 19.9. The number of carbonyl (C=O) groups is 2. The summed E-state index contributed by atoms with van der Waals surface area (Å²) in [6.45, 7) is 0. The molecule has 0 bridgehead atoms. The van der Waals surface area contributed by atoms with Gasteiger partial charge in [0.15, 0.2) is 0 Å². The van der Waals surface area contributed by atoms with E-state index in [9.17, 15) is 35.6 Å². The van der Waals surface area contributed by atoms with Crippen molar-refractivity contribution in [2.45, 2.75) is 11.8 Å². The third kappa shape index (κ3) is 2.79. The van der Waals surface area contributed by atoms with Crippen molar-refractivity contribution in [1.82, 2.24) is 0 Å². The van der Waals surface area contributed by atoms with Crippen LogP contribution in [0.3, 0.4) is 0 Å². The lowest BCUT2D eigenvalue weighted by molar-refractivity contribution is -0.229. The molecular formula is C4H2F4O7S. The standard InChI is InChI=1S/C4H2F4O7S/c5-3(6,1(9)10)4(7,8)2(11)15-16(12,13)14/h(H,9,10)(H,12,13,14). The number of hydrogen-bond donors (Lipinski definition) is 2. The molecule has 0 saturated carbocycles. The maximum atomic E-state index is 12.4. The highest BCUT2D eigenvalue weighted by molar-refractivity contribution is 7.81. The maximum Gasteiger partial charge on any atom is 0.449 e. The fraction of sp³-hybridized carbons (Fsp3) is 0.500. The summed E-state index contributed by atoms with van der Waals surface area (Å²) in [5.41, 5.74) is 0. The van der Waals surface area contributed by atoms with Gasteiger partial charge >= 0.3 is 34.2 Å². The SMILES string of the molecule is O=C(O)C(F)(F)C(F)(F)C(=O)OS(=O)(=O)O. The summed E-state index contributed by atoms with van der Waals surface area (Å²) in [5.74, 6) is -18.6. The van der Waals surface area contributed by atoms with Crippen molar-refractivity contribution < 1.29 is 49.4 Å². The van der Waals surface area contributed by atoms with Crippen molar-refractivity contribution in [2.75, 3.05) is 0 Å². The number of rotatable bonds is 4. The quantitative estimate of drug-likeness (QED) is 0.531. The van der Waals surface area contributed by atoms with Crippen LogP contribution in [0.4, 0.5) is 17.6 Å². The second-order valence-corrected chi connectivity index (χ2v) is 3.27. The van der Waals surface area contributed by atoms with E-state index in [0.717, 1.165) is 0 Å². The fourth-order valence-electron chi connectivity index (χ4n) is 0.410. The first-order valence-corrected chi connectivity index (χ1v) is 4.39. The average Bonchev–Trinajstić information content (AvgIpc) is 1.99. The predicted octanol–water partition coefficient (Wildman–Crippen LogP) is -0.312. The molecule has 0 fully saturated rings. The molecule has 0 aliphatic rings. The number of halogens is 4. The molecule has 0 spiro atoms. The number of hydrogen-bond acceptors (Lipinski definition) is 5. The Balaban J connectivity index is 5.23. The Bertz CT molecular complexity index is 412. The van der Waals surface area contributed by atoms with Crippen molar-refractivity contribution in [3.8, 4) is 0 Å². The van der Waals surface area contributed by atoms with Crippen LogP contribution < -0.4 is 0 Å². The molecule has 7 nitrogen and oxygen atoms in total. The van der Waals surface area contributed by atoms with E-state index >= 15 is 0 Å². The lowest BCUT2D eigenvalue weighted by Gasteiger charge is -2.19. The van der Waals surface area contributed by atoms with Gasteiger partial charge in [0.2, 0.25) is 0 Å². The lowest BCUT2D eigenvalue weighted by atomic mass is 10.2. The number of carbonyl (C=O) groups excluding carboxylic acids is 1. The van der Waals surface area contributed by atoms with Crippen LogP contribution in [-0.2, 0) is 24.2 Å². The number of aliphatic carboxylic acids is 1. The van der Waals surface area contributed by atoms with Crippen LogP contribution in [0.15, 0.2) is 0 Å². The van der Waals surface area contributed by atoms with Gasteiger partial charge in [-0.25, -0.2) is 9.59 Å². The minimum absolute atomic E-state index is 2.53. The first kappa shape index (κ1) is 14.6. The third-order valence-electron chi connectivity index (χ3n) is 1.10. The van der Waals surface area contributed by atoms with Crippen LogP contribution in [0.1, 0.15) is 0 Å². The molecule has 0 heterocycles. The molecule has 0 atom stereocenters. The maximum absolute atomic E-state index is 12.4. The van der Waals surface area contributed by atoms with Gasteiger partial charge in [-0.1, -0.05) is 0 Å². The van der Waals surface area contributed by atoms with Crippen molar-refractivity contribution in [1.29, 1.82) is 0 Å². The summed E-state index contributed by atoms with van der Waals surface area (Å²) in [5, 5.41) is 7.67. The zero-order valence-electron chi connectivity index (χ0n) is 6.86.